The third kappa shape index (κ3) is 4.08. The van der Waals surface area contributed by atoms with Crippen LogP contribution in [0.2, 0.25) is 0 Å². The molecule has 0 radical (unpaired) electrons. The van der Waals surface area contributed by atoms with Crippen LogP contribution in [-0.2, 0) is 0 Å². The molecule has 4 rings (SSSR count). The number of nitrogens with zero attached hydrogens (tertiary/aromatic N) is 2. The number of halogens is 1. The molecule has 3 heteroatoms. The molecule has 0 aliphatic heterocycles. The van der Waals surface area contributed by atoms with Gasteiger partial charge in [-0.3, -0.25) is 0 Å². The highest BCUT2D eigenvalue weighted by Crippen LogP contribution is 2.37. The van der Waals surface area contributed by atoms with Gasteiger partial charge in [-0.1, -0.05) is 37.6 Å². The molecule has 0 N–H and O–H groups in total. The topological polar surface area (TPSA) is 25.8 Å². The minimum absolute atomic E-state index is 0.251. The Kier molecular flexibility index (Phi) is 5.28. The second-order valence-corrected chi connectivity index (χ2v) is 7.55. The van der Waals surface area contributed by atoms with E-state index >= 15 is 0 Å². The fourth-order valence-electron chi connectivity index (χ4n) is 4.08. The van der Waals surface area contributed by atoms with Crippen molar-refractivity contribution >= 4 is 0 Å². The number of hydrogen-bond donors (Lipinski definition) is 0. The molecule has 0 bridgehead atoms. The van der Waals surface area contributed by atoms with Gasteiger partial charge < -0.3 is 0 Å². The highest BCUT2D eigenvalue weighted by molar-refractivity contribution is 5.64. The van der Waals surface area contributed by atoms with Crippen LogP contribution < -0.4 is 0 Å². The van der Waals surface area contributed by atoms with Crippen molar-refractivity contribution in [3.8, 4) is 22.5 Å². The zero-order valence-corrected chi connectivity index (χ0v) is 15.7. The van der Waals surface area contributed by atoms with E-state index < -0.39 is 0 Å². The molecule has 1 heterocycles. The molecular weight excluding hydrogens is 335 g/mol. The van der Waals surface area contributed by atoms with Crippen LogP contribution >= 0.6 is 0 Å². The summed E-state index contributed by atoms with van der Waals surface area (Å²) in [5, 5.41) is 0. The molecule has 1 aliphatic carbocycles. The van der Waals surface area contributed by atoms with Crippen LogP contribution in [-0.4, -0.2) is 9.97 Å². The first-order valence-electron chi connectivity index (χ1n) is 9.91. The average Bonchev–Trinajstić information content (AvgIpc) is 2.75. The van der Waals surface area contributed by atoms with Crippen molar-refractivity contribution in [2.24, 2.45) is 5.92 Å². The lowest BCUT2D eigenvalue weighted by Gasteiger charge is -2.28. The quantitative estimate of drug-likeness (QED) is 0.521. The SMILES string of the molecule is CCC1CCC(c2ccc(-c3cnc(-c4ccc(F)cc4)nc3)cc2)CC1. The highest BCUT2D eigenvalue weighted by atomic mass is 19.1. The van der Waals surface area contributed by atoms with Gasteiger partial charge in [0.05, 0.1) is 0 Å². The first kappa shape index (κ1) is 17.8. The first-order valence-corrected chi connectivity index (χ1v) is 9.91. The van der Waals surface area contributed by atoms with E-state index in [1.54, 1.807) is 12.1 Å². The van der Waals surface area contributed by atoms with Gasteiger partial charge in [0.2, 0.25) is 0 Å². The van der Waals surface area contributed by atoms with E-state index in [0.717, 1.165) is 22.6 Å². The van der Waals surface area contributed by atoms with E-state index in [1.165, 1.54) is 49.8 Å². The molecular formula is C24H25FN2. The minimum atomic E-state index is -0.251. The van der Waals surface area contributed by atoms with Gasteiger partial charge in [-0.25, -0.2) is 14.4 Å². The molecule has 1 fully saturated rings. The third-order valence-electron chi connectivity index (χ3n) is 5.89. The van der Waals surface area contributed by atoms with Gasteiger partial charge in [-0.2, -0.15) is 0 Å². The summed E-state index contributed by atoms with van der Waals surface area (Å²) in [7, 11) is 0. The van der Waals surface area contributed by atoms with E-state index in [2.05, 4.69) is 41.2 Å². The average molecular weight is 360 g/mol. The molecule has 2 aromatic carbocycles. The Morgan fingerprint density at radius 2 is 1.37 bits per heavy atom. The second kappa shape index (κ2) is 7.99. The summed E-state index contributed by atoms with van der Waals surface area (Å²) in [6.07, 6.45) is 10.4. The molecule has 2 nitrogen and oxygen atoms in total. The van der Waals surface area contributed by atoms with E-state index in [9.17, 15) is 4.39 Å². The minimum Gasteiger partial charge on any atom is -0.236 e. The fraction of sp³-hybridized carbons (Fsp3) is 0.333. The number of hydrogen-bond acceptors (Lipinski definition) is 2. The van der Waals surface area contributed by atoms with Crippen molar-refractivity contribution in [2.45, 2.75) is 44.9 Å². The predicted octanol–water partition coefficient (Wildman–Crippen LogP) is 6.63. The standard InChI is InChI=1S/C24H25FN2/c1-2-17-3-5-18(6-4-17)19-7-9-20(10-8-19)22-15-26-24(27-16-22)21-11-13-23(25)14-12-21/h7-18H,2-6H2,1H3. The van der Waals surface area contributed by atoms with Crippen molar-refractivity contribution < 1.29 is 4.39 Å². The summed E-state index contributed by atoms with van der Waals surface area (Å²) in [5.74, 6) is 2.00. The van der Waals surface area contributed by atoms with Gasteiger partial charge in [0.25, 0.3) is 0 Å². The Hall–Kier alpha value is -2.55. The molecule has 1 saturated carbocycles. The molecule has 0 atom stereocenters. The van der Waals surface area contributed by atoms with Gasteiger partial charge in [-0.05, 0) is 72.9 Å². The molecule has 0 unspecified atom stereocenters. The molecule has 27 heavy (non-hydrogen) atoms. The second-order valence-electron chi connectivity index (χ2n) is 7.55. The highest BCUT2D eigenvalue weighted by Gasteiger charge is 2.21. The smallest absolute Gasteiger partial charge is 0.159 e. The molecule has 1 aromatic heterocycles. The van der Waals surface area contributed by atoms with Crippen LogP contribution in [0, 0.1) is 11.7 Å². The van der Waals surface area contributed by atoms with Gasteiger partial charge in [0.15, 0.2) is 5.82 Å². The summed E-state index contributed by atoms with van der Waals surface area (Å²) >= 11 is 0. The fourth-order valence-corrected chi connectivity index (χ4v) is 4.08. The Bertz CT molecular complexity index is 862. The summed E-state index contributed by atoms with van der Waals surface area (Å²) in [6, 6.07) is 15.1. The van der Waals surface area contributed by atoms with Crippen molar-refractivity contribution in [2.75, 3.05) is 0 Å². The van der Waals surface area contributed by atoms with Crippen LogP contribution in [0.5, 0.6) is 0 Å². The third-order valence-corrected chi connectivity index (χ3v) is 5.89. The van der Waals surface area contributed by atoms with Crippen molar-refractivity contribution in [3.05, 3.63) is 72.3 Å². The Morgan fingerprint density at radius 1 is 0.778 bits per heavy atom. The van der Waals surface area contributed by atoms with Crippen molar-refractivity contribution in [3.63, 3.8) is 0 Å². The summed E-state index contributed by atoms with van der Waals surface area (Å²) in [4.78, 5) is 8.90. The van der Waals surface area contributed by atoms with E-state index in [4.69, 9.17) is 0 Å². The number of benzene rings is 2. The van der Waals surface area contributed by atoms with Crippen LogP contribution in [0.3, 0.4) is 0 Å². The van der Waals surface area contributed by atoms with Gasteiger partial charge in [-0.15, -0.1) is 0 Å². The van der Waals surface area contributed by atoms with Crippen LogP contribution in [0.4, 0.5) is 4.39 Å². The lowest BCUT2D eigenvalue weighted by Crippen LogP contribution is -2.12. The predicted molar refractivity (Wildman–Crippen MR) is 108 cm³/mol. The van der Waals surface area contributed by atoms with Gasteiger partial charge in [0, 0.05) is 23.5 Å². The first-order chi connectivity index (χ1) is 13.2. The molecule has 0 saturated heterocycles. The van der Waals surface area contributed by atoms with Crippen LogP contribution in [0.1, 0.15) is 50.5 Å². The largest absolute Gasteiger partial charge is 0.236 e. The zero-order chi connectivity index (χ0) is 18.6. The summed E-state index contributed by atoms with van der Waals surface area (Å²) in [5.41, 5.74) is 4.41. The Labute approximate surface area is 160 Å². The number of rotatable bonds is 4. The molecule has 3 aromatic rings. The Balaban J connectivity index is 1.46. The maximum absolute atomic E-state index is 13.1. The van der Waals surface area contributed by atoms with E-state index in [-0.39, 0.29) is 5.82 Å². The van der Waals surface area contributed by atoms with Crippen LogP contribution in [0.25, 0.3) is 22.5 Å². The van der Waals surface area contributed by atoms with E-state index in [1.807, 2.05) is 12.4 Å². The molecule has 0 amide bonds. The van der Waals surface area contributed by atoms with Crippen molar-refractivity contribution in [1.29, 1.82) is 0 Å². The molecule has 0 spiro atoms. The molecule has 138 valence electrons. The van der Waals surface area contributed by atoms with Crippen LogP contribution in [0.15, 0.2) is 60.9 Å². The number of aromatic nitrogens is 2. The lowest BCUT2D eigenvalue weighted by molar-refractivity contribution is 0.319. The summed E-state index contributed by atoms with van der Waals surface area (Å²) < 4.78 is 13.1. The maximum atomic E-state index is 13.1. The van der Waals surface area contributed by atoms with Crippen molar-refractivity contribution in [1.82, 2.24) is 9.97 Å². The molecule has 1 aliphatic rings. The Morgan fingerprint density at radius 3 is 1.96 bits per heavy atom. The zero-order valence-electron chi connectivity index (χ0n) is 15.7. The maximum Gasteiger partial charge on any atom is 0.159 e. The van der Waals surface area contributed by atoms with Gasteiger partial charge in [0.1, 0.15) is 5.82 Å². The summed E-state index contributed by atoms with van der Waals surface area (Å²) in [6.45, 7) is 2.31. The monoisotopic (exact) mass is 360 g/mol. The van der Waals surface area contributed by atoms with E-state index in [0.29, 0.717) is 11.7 Å². The normalized spacial score (nSPS) is 19.8. The lowest BCUT2D eigenvalue weighted by atomic mass is 9.78. The van der Waals surface area contributed by atoms with Gasteiger partial charge >= 0.3 is 0 Å².